The Morgan fingerprint density at radius 3 is 2.76 bits per heavy atom. The number of hydrogen-bond acceptors (Lipinski definition) is 7. The normalized spacial score (nSPS) is 10.5. The third kappa shape index (κ3) is 2.94. The Kier molecular flexibility index (Phi) is 3.42. The van der Waals surface area contributed by atoms with E-state index in [0.29, 0.717) is 17.0 Å². The van der Waals surface area contributed by atoms with Crippen molar-refractivity contribution < 1.29 is 14.1 Å². The number of carbonyl (C=O) groups excluding carboxylic acids is 1. The largest absolute Gasteiger partial charge is 0.455 e. The van der Waals surface area contributed by atoms with Gasteiger partial charge in [-0.3, -0.25) is 0 Å². The predicted octanol–water partition coefficient (Wildman–Crippen LogP) is 1.32. The van der Waals surface area contributed by atoms with Crippen LogP contribution < -0.4 is 0 Å². The van der Waals surface area contributed by atoms with Crippen LogP contribution in [0.4, 0.5) is 0 Å². The molecule has 0 bridgehead atoms. The summed E-state index contributed by atoms with van der Waals surface area (Å²) in [6, 6.07) is 8.47. The standard InChI is InChI=1S/C13H11N5O3/c1-9-6-11(15-21-9)7-20-13(19)10-2-4-12(5-3-10)18-8-14-16-17-18/h2-6,8H,7H2,1H3. The summed E-state index contributed by atoms with van der Waals surface area (Å²) in [6.07, 6.45) is 1.47. The van der Waals surface area contributed by atoms with E-state index in [0.717, 1.165) is 5.69 Å². The molecule has 8 heteroatoms. The van der Waals surface area contributed by atoms with Gasteiger partial charge in [0.1, 0.15) is 24.4 Å². The minimum absolute atomic E-state index is 0.0743. The van der Waals surface area contributed by atoms with Crippen LogP contribution in [0.3, 0.4) is 0 Å². The number of aryl methyl sites for hydroxylation is 1. The molecule has 21 heavy (non-hydrogen) atoms. The second-order valence-electron chi connectivity index (χ2n) is 4.31. The van der Waals surface area contributed by atoms with Crippen LogP contribution >= 0.6 is 0 Å². The molecule has 0 fully saturated rings. The highest BCUT2D eigenvalue weighted by Gasteiger charge is 2.09. The average Bonchev–Trinajstić information content (AvgIpc) is 3.16. The topological polar surface area (TPSA) is 95.9 Å². The first-order valence-corrected chi connectivity index (χ1v) is 6.15. The minimum Gasteiger partial charge on any atom is -0.455 e. The number of esters is 1. The zero-order valence-corrected chi connectivity index (χ0v) is 11.1. The summed E-state index contributed by atoms with van der Waals surface area (Å²) < 4.78 is 11.5. The van der Waals surface area contributed by atoms with Gasteiger partial charge in [-0.05, 0) is 41.6 Å². The lowest BCUT2D eigenvalue weighted by Crippen LogP contribution is -2.06. The van der Waals surface area contributed by atoms with Gasteiger partial charge in [0.15, 0.2) is 0 Å². The molecule has 3 rings (SSSR count). The molecule has 0 aliphatic carbocycles. The quantitative estimate of drug-likeness (QED) is 0.667. The summed E-state index contributed by atoms with van der Waals surface area (Å²) >= 11 is 0. The van der Waals surface area contributed by atoms with Crippen LogP contribution in [0.15, 0.2) is 41.2 Å². The molecular formula is C13H11N5O3. The number of ether oxygens (including phenoxy) is 1. The summed E-state index contributed by atoms with van der Waals surface area (Å²) in [6.45, 7) is 1.85. The van der Waals surface area contributed by atoms with Gasteiger partial charge in [-0.1, -0.05) is 5.16 Å². The van der Waals surface area contributed by atoms with Gasteiger partial charge >= 0.3 is 5.97 Å². The number of tetrazole rings is 1. The predicted molar refractivity (Wildman–Crippen MR) is 69.5 cm³/mol. The lowest BCUT2D eigenvalue weighted by Gasteiger charge is -2.04. The fourth-order valence-corrected chi connectivity index (χ4v) is 1.74. The van der Waals surface area contributed by atoms with Crippen molar-refractivity contribution in [2.45, 2.75) is 13.5 Å². The molecule has 0 N–H and O–H groups in total. The van der Waals surface area contributed by atoms with Gasteiger partial charge < -0.3 is 9.26 Å². The van der Waals surface area contributed by atoms with Gasteiger partial charge in [-0.15, -0.1) is 5.10 Å². The zero-order valence-electron chi connectivity index (χ0n) is 11.1. The molecule has 106 valence electrons. The van der Waals surface area contributed by atoms with Crippen LogP contribution in [0.25, 0.3) is 5.69 Å². The number of rotatable bonds is 4. The van der Waals surface area contributed by atoms with E-state index in [2.05, 4.69) is 20.7 Å². The molecule has 0 saturated carbocycles. The van der Waals surface area contributed by atoms with Crippen LogP contribution in [0.2, 0.25) is 0 Å². The summed E-state index contributed by atoms with van der Waals surface area (Å²) in [5, 5.41) is 14.6. The molecular weight excluding hydrogens is 274 g/mol. The third-order valence-corrected chi connectivity index (χ3v) is 2.74. The highest BCUT2D eigenvalue weighted by molar-refractivity contribution is 5.89. The van der Waals surface area contributed by atoms with Gasteiger partial charge in [0, 0.05) is 6.07 Å². The number of benzene rings is 1. The van der Waals surface area contributed by atoms with E-state index >= 15 is 0 Å². The van der Waals surface area contributed by atoms with E-state index in [4.69, 9.17) is 9.26 Å². The van der Waals surface area contributed by atoms with Gasteiger partial charge in [-0.25, -0.2) is 9.48 Å². The first-order chi connectivity index (χ1) is 10.2. The summed E-state index contributed by atoms with van der Waals surface area (Å²) in [5.41, 5.74) is 1.77. The maximum atomic E-state index is 11.9. The van der Waals surface area contributed by atoms with E-state index < -0.39 is 5.97 Å². The van der Waals surface area contributed by atoms with Crippen molar-refractivity contribution >= 4 is 5.97 Å². The molecule has 0 aliphatic rings. The molecule has 2 aromatic heterocycles. The monoisotopic (exact) mass is 285 g/mol. The number of carbonyl (C=O) groups is 1. The summed E-state index contributed by atoms with van der Waals surface area (Å²) in [4.78, 5) is 11.9. The van der Waals surface area contributed by atoms with Crippen LogP contribution in [-0.4, -0.2) is 31.3 Å². The summed E-state index contributed by atoms with van der Waals surface area (Å²) in [7, 11) is 0. The Morgan fingerprint density at radius 1 is 1.33 bits per heavy atom. The molecule has 0 unspecified atom stereocenters. The van der Waals surface area contributed by atoms with E-state index in [9.17, 15) is 4.79 Å². The van der Waals surface area contributed by atoms with E-state index in [1.54, 1.807) is 37.3 Å². The molecule has 0 spiro atoms. The molecule has 3 aromatic rings. The number of hydrogen-bond donors (Lipinski definition) is 0. The molecule has 1 aromatic carbocycles. The molecule has 8 nitrogen and oxygen atoms in total. The Balaban J connectivity index is 1.65. The molecule has 0 aliphatic heterocycles. The Morgan fingerprint density at radius 2 is 2.14 bits per heavy atom. The maximum Gasteiger partial charge on any atom is 0.338 e. The van der Waals surface area contributed by atoms with Crippen molar-refractivity contribution in [1.82, 2.24) is 25.4 Å². The highest BCUT2D eigenvalue weighted by atomic mass is 16.5. The van der Waals surface area contributed by atoms with Crippen molar-refractivity contribution in [1.29, 1.82) is 0 Å². The first-order valence-electron chi connectivity index (χ1n) is 6.15. The highest BCUT2D eigenvalue weighted by Crippen LogP contribution is 2.10. The molecule has 0 atom stereocenters. The zero-order chi connectivity index (χ0) is 14.7. The van der Waals surface area contributed by atoms with Crippen LogP contribution in [0.1, 0.15) is 21.8 Å². The van der Waals surface area contributed by atoms with Crippen molar-refractivity contribution in [3.63, 3.8) is 0 Å². The Hall–Kier alpha value is -3.03. The SMILES string of the molecule is Cc1cc(COC(=O)c2ccc(-n3cnnn3)cc2)no1. The van der Waals surface area contributed by atoms with E-state index in [1.165, 1.54) is 11.0 Å². The van der Waals surface area contributed by atoms with E-state index in [-0.39, 0.29) is 6.61 Å². The molecule has 0 saturated heterocycles. The maximum absolute atomic E-state index is 11.9. The second-order valence-corrected chi connectivity index (χ2v) is 4.31. The third-order valence-electron chi connectivity index (χ3n) is 2.74. The minimum atomic E-state index is -0.432. The van der Waals surface area contributed by atoms with Crippen LogP contribution in [-0.2, 0) is 11.3 Å². The van der Waals surface area contributed by atoms with Gasteiger partial charge in [0.2, 0.25) is 0 Å². The van der Waals surface area contributed by atoms with Crippen LogP contribution in [0, 0.1) is 6.92 Å². The second kappa shape index (κ2) is 5.53. The van der Waals surface area contributed by atoms with Crippen molar-refractivity contribution in [3.05, 3.63) is 53.7 Å². The van der Waals surface area contributed by atoms with Crippen molar-refractivity contribution in [2.24, 2.45) is 0 Å². The average molecular weight is 285 g/mol. The molecule has 2 heterocycles. The lowest BCUT2D eigenvalue weighted by atomic mass is 10.2. The van der Waals surface area contributed by atoms with Gasteiger partial charge in [0.05, 0.1) is 11.3 Å². The Bertz CT molecular complexity index is 734. The lowest BCUT2D eigenvalue weighted by molar-refractivity contribution is 0.0464. The fourth-order valence-electron chi connectivity index (χ4n) is 1.74. The molecule has 0 radical (unpaired) electrons. The van der Waals surface area contributed by atoms with Gasteiger partial charge in [-0.2, -0.15) is 0 Å². The van der Waals surface area contributed by atoms with E-state index in [1.807, 2.05) is 0 Å². The van der Waals surface area contributed by atoms with Crippen molar-refractivity contribution in [3.8, 4) is 5.69 Å². The van der Waals surface area contributed by atoms with Crippen molar-refractivity contribution in [2.75, 3.05) is 0 Å². The van der Waals surface area contributed by atoms with Gasteiger partial charge in [0.25, 0.3) is 0 Å². The smallest absolute Gasteiger partial charge is 0.338 e. The van der Waals surface area contributed by atoms with Crippen LogP contribution in [0.5, 0.6) is 0 Å². The number of aromatic nitrogens is 5. The Labute approximate surface area is 119 Å². The summed E-state index contributed by atoms with van der Waals surface area (Å²) in [5.74, 6) is 0.241. The fraction of sp³-hybridized carbons (Fsp3) is 0.154. The molecule has 0 amide bonds. The first kappa shape index (κ1) is 13.0. The number of nitrogens with zero attached hydrogens (tertiary/aromatic N) is 5.